The van der Waals surface area contributed by atoms with Crippen molar-refractivity contribution in [3.63, 3.8) is 0 Å². The van der Waals surface area contributed by atoms with E-state index in [1.807, 2.05) is 24.3 Å². The van der Waals surface area contributed by atoms with E-state index in [1.54, 1.807) is 11.4 Å². The highest BCUT2D eigenvalue weighted by Crippen LogP contribution is 2.21. The van der Waals surface area contributed by atoms with Crippen molar-refractivity contribution in [3.05, 3.63) is 55.6 Å². The topological polar surface area (TPSA) is 29.1 Å². The minimum atomic E-state index is -0.132. The number of hydrogen-bond acceptors (Lipinski definition) is 2. The summed E-state index contributed by atoms with van der Waals surface area (Å²) in [5.41, 5.74) is 1.05. The van der Waals surface area contributed by atoms with Gasteiger partial charge in [-0.25, -0.2) is 0 Å². The van der Waals surface area contributed by atoms with Crippen LogP contribution in [0.3, 0.4) is 0 Å². The quantitative estimate of drug-likeness (QED) is 0.902. The highest BCUT2D eigenvalue weighted by atomic mass is 79.9. The molecular formula is C12H9BrClNOS. The number of hydrogen-bond donors (Lipinski definition) is 1. The fraction of sp³-hybridized carbons (Fsp3) is 0.0833. The Balaban J connectivity index is 1.97. The average Bonchev–Trinajstić information content (AvgIpc) is 2.74. The van der Waals surface area contributed by atoms with E-state index < -0.39 is 0 Å². The highest BCUT2D eigenvalue weighted by molar-refractivity contribution is 9.10. The molecule has 0 spiro atoms. The van der Waals surface area contributed by atoms with Gasteiger partial charge < -0.3 is 5.32 Å². The van der Waals surface area contributed by atoms with Crippen LogP contribution in [0.4, 0.5) is 0 Å². The van der Waals surface area contributed by atoms with E-state index in [4.69, 9.17) is 11.6 Å². The maximum absolute atomic E-state index is 11.8. The summed E-state index contributed by atoms with van der Waals surface area (Å²) in [4.78, 5) is 12.3. The standard InChI is InChI=1S/C12H9BrClNOS/c13-9-3-1-8(2-4-9)7-15-12(16)11-10(14)5-6-17-11/h1-6H,7H2,(H,15,16). The molecule has 1 N–H and O–H groups in total. The molecule has 0 unspecified atom stereocenters. The zero-order valence-electron chi connectivity index (χ0n) is 8.74. The number of carbonyl (C=O) groups excluding carboxylic acids is 1. The van der Waals surface area contributed by atoms with E-state index in [0.29, 0.717) is 16.4 Å². The highest BCUT2D eigenvalue weighted by Gasteiger charge is 2.10. The van der Waals surface area contributed by atoms with Crippen LogP contribution in [0.5, 0.6) is 0 Å². The minimum absolute atomic E-state index is 0.132. The summed E-state index contributed by atoms with van der Waals surface area (Å²) in [6.07, 6.45) is 0. The summed E-state index contributed by atoms with van der Waals surface area (Å²) < 4.78 is 1.02. The van der Waals surface area contributed by atoms with E-state index in [0.717, 1.165) is 10.0 Å². The smallest absolute Gasteiger partial charge is 0.263 e. The lowest BCUT2D eigenvalue weighted by Gasteiger charge is -2.04. The molecule has 0 atom stereocenters. The van der Waals surface area contributed by atoms with Crippen LogP contribution in [-0.2, 0) is 6.54 Å². The average molecular weight is 331 g/mol. The van der Waals surface area contributed by atoms with Gasteiger partial charge in [-0.2, -0.15) is 0 Å². The van der Waals surface area contributed by atoms with Crippen LogP contribution in [0.1, 0.15) is 15.2 Å². The van der Waals surface area contributed by atoms with E-state index >= 15 is 0 Å². The molecule has 0 aliphatic heterocycles. The summed E-state index contributed by atoms with van der Waals surface area (Å²) >= 11 is 10.6. The zero-order valence-corrected chi connectivity index (χ0v) is 11.9. The number of thiophene rings is 1. The van der Waals surface area contributed by atoms with Crippen LogP contribution in [0.25, 0.3) is 0 Å². The third-order valence-corrected chi connectivity index (χ3v) is 4.06. The van der Waals surface area contributed by atoms with Crippen LogP contribution < -0.4 is 5.32 Å². The molecule has 17 heavy (non-hydrogen) atoms. The Morgan fingerprint density at radius 1 is 1.29 bits per heavy atom. The fourth-order valence-electron chi connectivity index (χ4n) is 1.32. The van der Waals surface area contributed by atoms with Crippen molar-refractivity contribution in [1.29, 1.82) is 0 Å². The molecule has 1 amide bonds. The van der Waals surface area contributed by atoms with Gasteiger partial charge in [0.25, 0.3) is 5.91 Å². The number of benzene rings is 1. The van der Waals surface area contributed by atoms with Crippen molar-refractivity contribution < 1.29 is 4.79 Å². The largest absolute Gasteiger partial charge is 0.347 e. The molecule has 2 aromatic rings. The number of amides is 1. The Kier molecular flexibility index (Phi) is 4.20. The summed E-state index contributed by atoms with van der Waals surface area (Å²) in [7, 11) is 0. The Morgan fingerprint density at radius 2 is 2.00 bits per heavy atom. The van der Waals surface area contributed by atoms with Crippen LogP contribution in [0.2, 0.25) is 5.02 Å². The molecule has 1 aromatic heterocycles. The molecule has 0 aliphatic rings. The second-order valence-corrected chi connectivity index (χ2v) is 5.65. The molecule has 0 saturated heterocycles. The van der Waals surface area contributed by atoms with Crippen LogP contribution in [0.15, 0.2) is 40.2 Å². The molecule has 0 saturated carbocycles. The van der Waals surface area contributed by atoms with Crippen molar-refractivity contribution in [2.45, 2.75) is 6.54 Å². The van der Waals surface area contributed by atoms with Gasteiger partial charge in [-0.05, 0) is 29.1 Å². The molecule has 1 aromatic carbocycles. The predicted molar refractivity (Wildman–Crippen MR) is 74.6 cm³/mol. The summed E-state index contributed by atoms with van der Waals surface area (Å²) in [6, 6.07) is 9.53. The molecule has 0 aliphatic carbocycles. The molecular weight excluding hydrogens is 322 g/mol. The van der Waals surface area contributed by atoms with Crippen LogP contribution in [0, 0.1) is 0 Å². The van der Waals surface area contributed by atoms with Crippen molar-refractivity contribution in [2.24, 2.45) is 0 Å². The molecule has 2 nitrogen and oxygen atoms in total. The molecule has 2 rings (SSSR count). The van der Waals surface area contributed by atoms with Gasteiger partial charge in [-0.15, -0.1) is 11.3 Å². The van der Waals surface area contributed by atoms with Gasteiger partial charge >= 0.3 is 0 Å². The molecule has 0 bridgehead atoms. The van der Waals surface area contributed by atoms with Crippen molar-refractivity contribution >= 4 is 44.8 Å². The minimum Gasteiger partial charge on any atom is -0.347 e. The zero-order chi connectivity index (χ0) is 12.3. The van der Waals surface area contributed by atoms with Crippen molar-refractivity contribution in [3.8, 4) is 0 Å². The number of carbonyl (C=O) groups is 1. The third kappa shape index (κ3) is 3.31. The Labute approximate surface area is 117 Å². The third-order valence-electron chi connectivity index (χ3n) is 2.19. The van der Waals surface area contributed by atoms with E-state index in [-0.39, 0.29) is 5.91 Å². The fourth-order valence-corrected chi connectivity index (χ4v) is 2.64. The first-order valence-corrected chi connectivity index (χ1v) is 6.97. The van der Waals surface area contributed by atoms with Gasteiger partial charge in [0.05, 0.1) is 5.02 Å². The lowest BCUT2D eigenvalue weighted by Crippen LogP contribution is -2.21. The summed E-state index contributed by atoms with van der Waals surface area (Å²) in [6.45, 7) is 0.500. The summed E-state index contributed by atoms with van der Waals surface area (Å²) in [5.74, 6) is -0.132. The molecule has 1 heterocycles. The van der Waals surface area contributed by atoms with Crippen LogP contribution in [-0.4, -0.2) is 5.91 Å². The normalized spacial score (nSPS) is 10.2. The Hall–Kier alpha value is -0.840. The molecule has 5 heteroatoms. The van der Waals surface area contributed by atoms with Gasteiger partial charge in [-0.3, -0.25) is 4.79 Å². The molecule has 0 fully saturated rings. The van der Waals surface area contributed by atoms with E-state index in [9.17, 15) is 4.79 Å². The van der Waals surface area contributed by atoms with Gasteiger partial charge in [0.15, 0.2) is 0 Å². The Morgan fingerprint density at radius 3 is 2.59 bits per heavy atom. The predicted octanol–water partition coefficient (Wildman–Crippen LogP) is 4.09. The second kappa shape index (κ2) is 5.67. The first kappa shape index (κ1) is 12.6. The van der Waals surface area contributed by atoms with Crippen LogP contribution >= 0.6 is 38.9 Å². The van der Waals surface area contributed by atoms with E-state index in [2.05, 4.69) is 21.2 Å². The number of halogens is 2. The van der Waals surface area contributed by atoms with Gasteiger partial charge in [0.2, 0.25) is 0 Å². The lowest BCUT2D eigenvalue weighted by atomic mass is 10.2. The monoisotopic (exact) mass is 329 g/mol. The SMILES string of the molecule is O=C(NCc1ccc(Br)cc1)c1sccc1Cl. The van der Waals surface area contributed by atoms with Gasteiger partial charge in [0, 0.05) is 11.0 Å². The molecule has 88 valence electrons. The van der Waals surface area contributed by atoms with E-state index in [1.165, 1.54) is 11.3 Å². The Bertz CT molecular complexity index is 524. The first-order chi connectivity index (χ1) is 8.16. The second-order valence-electron chi connectivity index (χ2n) is 3.41. The van der Waals surface area contributed by atoms with Crippen molar-refractivity contribution in [1.82, 2.24) is 5.32 Å². The maximum atomic E-state index is 11.8. The lowest BCUT2D eigenvalue weighted by molar-refractivity contribution is 0.0955. The summed E-state index contributed by atoms with van der Waals surface area (Å²) in [5, 5.41) is 5.14. The first-order valence-electron chi connectivity index (χ1n) is 4.92. The van der Waals surface area contributed by atoms with Crippen molar-refractivity contribution in [2.75, 3.05) is 0 Å². The van der Waals surface area contributed by atoms with Gasteiger partial charge in [0.1, 0.15) is 4.88 Å². The molecule has 0 radical (unpaired) electrons. The van der Waals surface area contributed by atoms with Gasteiger partial charge in [-0.1, -0.05) is 39.7 Å². The maximum Gasteiger partial charge on any atom is 0.263 e. The number of nitrogens with one attached hydrogen (secondary N) is 1. The number of rotatable bonds is 3.